The number of nitrogens with zero attached hydrogens (tertiary/aromatic N) is 4. The molecule has 0 amide bonds. The number of aliphatic hydroxyl groups is 1. The number of aliphatic hydroxyl groups excluding tert-OH is 1. The Labute approximate surface area is 97.3 Å². The van der Waals surface area contributed by atoms with Gasteiger partial charge in [-0.2, -0.15) is 4.80 Å². The number of tetrazole rings is 1. The monoisotopic (exact) mass is 236 g/mol. The lowest BCUT2D eigenvalue weighted by molar-refractivity contribution is 0.259. The predicted octanol–water partition coefficient (Wildman–Crippen LogP) is 0.0466. The zero-order chi connectivity index (χ0) is 12.3. The lowest BCUT2D eigenvalue weighted by Gasteiger charge is -2.03. The van der Waals surface area contributed by atoms with Crippen molar-refractivity contribution in [3.8, 4) is 22.9 Å². The standard InChI is InChI=1S/C10H12N4O3/c1-17-9-6-7(2-3-8(9)16)10-11-13-14(12-10)4-5-15/h2-3,6,15-16H,4-5H2,1H3. The summed E-state index contributed by atoms with van der Waals surface area (Å²) in [6.07, 6.45) is 0. The van der Waals surface area contributed by atoms with E-state index >= 15 is 0 Å². The molecule has 1 aromatic heterocycles. The van der Waals surface area contributed by atoms with Crippen LogP contribution in [0.1, 0.15) is 0 Å². The minimum Gasteiger partial charge on any atom is -0.504 e. The molecule has 0 bridgehead atoms. The average Bonchev–Trinajstić information content (AvgIpc) is 2.79. The van der Waals surface area contributed by atoms with E-state index in [0.29, 0.717) is 23.7 Å². The van der Waals surface area contributed by atoms with E-state index in [0.717, 1.165) is 0 Å². The third-order valence-corrected chi connectivity index (χ3v) is 2.19. The number of phenolic OH excluding ortho intramolecular Hbond substituents is 1. The largest absolute Gasteiger partial charge is 0.504 e. The van der Waals surface area contributed by atoms with Crippen LogP contribution in [-0.4, -0.2) is 44.1 Å². The quantitative estimate of drug-likeness (QED) is 0.778. The number of methoxy groups -OCH3 is 1. The van der Waals surface area contributed by atoms with Crippen molar-refractivity contribution in [2.75, 3.05) is 13.7 Å². The lowest BCUT2D eigenvalue weighted by atomic mass is 10.2. The van der Waals surface area contributed by atoms with Crippen LogP contribution < -0.4 is 4.74 Å². The minimum atomic E-state index is -0.0469. The van der Waals surface area contributed by atoms with Crippen LogP contribution >= 0.6 is 0 Å². The van der Waals surface area contributed by atoms with Gasteiger partial charge in [0.1, 0.15) is 0 Å². The highest BCUT2D eigenvalue weighted by atomic mass is 16.5. The molecular formula is C10H12N4O3. The Morgan fingerprint density at radius 2 is 2.24 bits per heavy atom. The highest BCUT2D eigenvalue weighted by Gasteiger charge is 2.09. The molecule has 7 nitrogen and oxygen atoms in total. The Bertz CT molecular complexity index is 512. The number of hydrogen-bond donors (Lipinski definition) is 2. The number of aromatic nitrogens is 4. The van der Waals surface area contributed by atoms with Crippen LogP contribution in [0.4, 0.5) is 0 Å². The summed E-state index contributed by atoms with van der Waals surface area (Å²) in [7, 11) is 1.47. The molecule has 2 aromatic rings. The summed E-state index contributed by atoms with van der Waals surface area (Å²) in [5, 5.41) is 29.9. The van der Waals surface area contributed by atoms with Gasteiger partial charge in [0.15, 0.2) is 11.5 Å². The summed E-state index contributed by atoms with van der Waals surface area (Å²) >= 11 is 0. The molecular weight excluding hydrogens is 224 g/mol. The van der Waals surface area contributed by atoms with Crippen LogP contribution in [-0.2, 0) is 6.54 Å². The summed E-state index contributed by atoms with van der Waals surface area (Å²) in [5.41, 5.74) is 0.684. The molecule has 17 heavy (non-hydrogen) atoms. The summed E-state index contributed by atoms with van der Waals surface area (Å²) in [5.74, 6) is 0.816. The number of ether oxygens (including phenoxy) is 1. The number of benzene rings is 1. The van der Waals surface area contributed by atoms with E-state index in [1.54, 1.807) is 12.1 Å². The Kier molecular flexibility index (Phi) is 3.20. The summed E-state index contributed by atoms with van der Waals surface area (Å²) in [6.45, 7) is 0.247. The molecule has 0 radical (unpaired) electrons. The predicted molar refractivity (Wildman–Crippen MR) is 58.6 cm³/mol. The Hall–Kier alpha value is -2.15. The van der Waals surface area contributed by atoms with Gasteiger partial charge in [-0.1, -0.05) is 0 Å². The topological polar surface area (TPSA) is 93.3 Å². The van der Waals surface area contributed by atoms with E-state index in [9.17, 15) is 5.11 Å². The van der Waals surface area contributed by atoms with Crippen molar-refractivity contribution in [2.24, 2.45) is 0 Å². The van der Waals surface area contributed by atoms with Crippen molar-refractivity contribution in [2.45, 2.75) is 6.54 Å². The smallest absolute Gasteiger partial charge is 0.205 e. The van der Waals surface area contributed by atoms with Crippen LogP contribution in [0.3, 0.4) is 0 Å². The number of aromatic hydroxyl groups is 1. The maximum absolute atomic E-state index is 9.45. The average molecular weight is 236 g/mol. The summed E-state index contributed by atoms with van der Waals surface area (Å²) < 4.78 is 4.99. The second kappa shape index (κ2) is 4.79. The molecule has 0 atom stereocenters. The van der Waals surface area contributed by atoms with Gasteiger partial charge in [0.2, 0.25) is 5.82 Å². The molecule has 0 fully saturated rings. The molecule has 1 heterocycles. The molecule has 2 rings (SSSR count). The van der Waals surface area contributed by atoms with Gasteiger partial charge in [0.05, 0.1) is 20.3 Å². The highest BCUT2D eigenvalue weighted by molar-refractivity contribution is 5.60. The zero-order valence-corrected chi connectivity index (χ0v) is 9.24. The molecule has 2 N–H and O–H groups in total. The van der Waals surface area contributed by atoms with Crippen molar-refractivity contribution in [1.29, 1.82) is 0 Å². The zero-order valence-electron chi connectivity index (χ0n) is 9.24. The molecule has 90 valence electrons. The first kappa shape index (κ1) is 11.3. The first-order valence-corrected chi connectivity index (χ1v) is 5.00. The second-order valence-corrected chi connectivity index (χ2v) is 3.32. The first-order valence-electron chi connectivity index (χ1n) is 5.00. The van der Waals surface area contributed by atoms with Gasteiger partial charge in [-0.15, -0.1) is 10.2 Å². The molecule has 0 saturated carbocycles. The molecule has 0 aliphatic carbocycles. The SMILES string of the molecule is COc1cc(-c2nnn(CCO)n2)ccc1O. The summed E-state index contributed by atoms with van der Waals surface area (Å²) in [6, 6.07) is 4.79. The molecule has 1 aromatic carbocycles. The van der Waals surface area contributed by atoms with Crippen LogP contribution in [0, 0.1) is 0 Å². The van der Waals surface area contributed by atoms with Gasteiger partial charge >= 0.3 is 0 Å². The van der Waals surface area contributed by atoms with Gasteiger partial charge in [-0.05, 0) is 23.4 Å². The first-order chi connectivity index (χ1) is 8.24. The van der Waals surface area contributed by atoms with E-state index in [-0.39, 0.29) is 12.4 Å². The van der Waals surface area contributed by atoms with Crippen molar-refractivity contribution >= 4 is 0 Å². The maximum atomic E-state index is 9.45. The Morgan fingerprint density at radius 3 is 2.94 bits per heavy atom. The van der Waals surface area contributed by atoms with Gasteiger partial charge in [0, 0.05) is 5.56 Å². The molecule has 0 spiro atoms. The van der Waals surface area contributed by atoms with Gasteiger partial charge in [-0.25, -0.2) is 0 Å². The van der Waals surface area contributed by atoms with Gasteiger partial charge < -0.3 is 14.9 Å². The number of rotatable bonds is 4. The van der Waals surface area contributed by atoms with Crippen molar-refractivity contribution in [3.05, 3.63) is 18.2 Å². The van der Waals surface area contributed by atoms with E-state index < -0.39 is 0 Å². The normalized spacial score (nSPS) is 10.5. The fourth-order valence-corrected chi connectivity index (χ4v) is 1.36. The third-order valence-electron chi connectivity index (χ3n) is 2.19. The molecule has 0 aliphatic heterocycles. The van der Waals surface area contributed by atoms with Crippen molar-refractivity contribution in [3.63, 3.8) is 0 Å². The van der Waals surface area contributed by atoms with E-state index in [4.69, 9.17) is 9.84 Å². The maximum Gasteiger partial charge on any atom is 0.205 e. The lowest BCUT2D eigenvalue weighted by Crippen LogP contribution is -2.05. The van der Waals surface area contributed by atoms with E-state index in [2.05, 4.69) is 15.4 Å². The van der Waals surface area contributed by atoms with Crippen LogP contribution in [0.15, 0.2) is 18.2 Å². The van der Waals surface area contributed by atoms with Crippen LogP contribution in [0.2, 0.25) is 0 Å². The van der Waals surface area contributed by atoms with E-state index in [1.807, 2.05) is 0 Å². The van der Waals surface area contributed by atoms with Crippen LogP contribution in [0.5, 0.6) is 11.5 Å². The van der Waals surface area contributed by atoms with Gasteiger partial charge in [-0.3, -0.25) is 0 Å². The minimum absolute atomic E-state index is 0.0469. The fraction of sp³-hybridized carbons (Fsp3) is 0.300. The third kappa shape index (κ3) is 2.34. The van der Waals surface area contributed by atoms with Gasteiger partial charge in [0.25, 0.3) is 0 Å². The van der Waals surface area contributed by atoms with Crippen molar-refractivity contribution in [1.82, 2.24) is 20.2 Å². The summed E-state index contributed by atoms with van der Waals surface area (Å²) in [4.78, 5) is 1.30. The Balaban J connectivity index is 2.32. The molecule has 7 heteroatoms. The van der Waals surface area contributed by atoms with Crippen LogP contribution in [0.25, 0.3) is 11.4 Å². The molecule has 0 aliphatic rings. The second-order valence-electron chi connectivity index (χ2n) is 3.32. The molecule has 0 saturated heterocycles. The number of hydrogen-bond acceptors (Lipinski definition) is 6. The molecule has 0 unspecified atom stereocenters. The van der Waals surface area contributed by atoms with Crippen molar-refractivity contribution < 1.29 is 14.9 Å². The fourth-order valence-electron chi connectivity index (χ4n) is 1.36. The Morgan fingerprint density at radius 1 is 1.41 bits per heavy atom. The number of phenols is 1. The van der Waals surface area contributed by atoms with E-state index in [1.165, 1.54) is 18.0 Å². The highest BCUT2D eigenvalue weighted by Crippen LogP contribution is 2.29.